The Morgan fingerprint density at radius 2 is 1.82 bits per heavy atom. The minimum Gasteiger partial charge on any atom is -0.314 e. The van der Waals surface area contributed by atoms with E-state index in [-0.39, 0.29) is 5.75 Å². The Balaban J connectivity index is 1.38. The van der Waals surface area contributed by atoms with Gasteiger partial charge in [-0.25, -0.2) is 8.42 Å². The third-order valence-electron chi connectivity index (χ3n) is 7.04. The average molecular weight is 406 g/mol. The normalized spacial score (nSPS) is 28.8. The van der Waals surface area contributed by atoms with Gasteiger partial charge >= 0.3 is 0 Å². The number of nitrogens with zero attached hydrogens (tertiary/aromatic N) is 2. The van der Waals surface area contributed by atoms with Gasteiger partial charge in [0.2, 0.25) is 10.0 Å². The Morgan fingerprint density at radius 1 is 1.04 bits per heavy atom. The predicted molar refractivity (Wildman–Crippen MR) is 115 cm³/mol. The van der Waals surface area contributed by atoms with Crippen molar-refractivity contribution in [1.29, 1.82) is 0 Å². The van der Waals surface area contributed by atoms with Crippen molar-refractivity contribution in [3.63, 3.8) is 0 Å². The first kappa shape index (κ1) is 20.2. The maximum absolute atomic E-state index is 12.8. The molecular formula is C22H35N3O2S. The fraction of sp³-hybridized carbons (Fsp3) is 0.727. The van der Waals surface area contributed by atoms with Crippen LogP contribution in [0.4, 0.5) is 5.69 Å². The molecule has 1 aromatic carbocycles. The molecule has 28 heavy (non-hydrogen) atoms. The fourth-order valence-corrected chi connectivity index (χ4v) is 6.58. The molecule has 0 aromatic heterocycles. The number of hydrogen-bond donors (Lipinski definition) is 1. The van der Waals surface area contributed by atoms with E-state index in [1.165, 1.54) is 61.4 Å². The van der Waals surface area contributed by atoms with Crippen LogP contribution in [0.1, 0.15) is 69.4 Å². The van der Waals surface area contributed by atoms with Crippen molar-refractivity contribution in [3.8, 4) is 0 Å². The molecule has 6 heteroatoms. The predicted octanol–water partition coefficient (Wildman–Crippen LogP) is 3.67. The van der Waals surface area contributed by atoms with Crippen molar-refractivity contribution in [2.24, 2.45) is 0 Å². The van der Waals surface area contributed by atoms with Crippen LogP contribution in [-0.2, 0) is 10.0 Å². The van der Waals surface area contributed by atoms with Crippen LogP contribution in [0, 0.1) is 0 Å². The lowest BCUT2D eigenvalue weighted by atomic mass is 10.0. The summed E-state index contributed by atoms with van der Waals surface area (Å²) >= 11 is 0. The monoisotopic (exact) mass is 405 g/mol. The summed E-state index contributed by atoms with van der Waals surface area (Å²) in [6.07, 6.45) is 10.7. The topological polar surface area (TPSA) is 52.7 Å². The van der Waals surface area contributed by atoms with E-state index in [2.05, 4.69) is 22.3 Å². The van der Waals surface area contributed by atoms with Crippen molar-refractivity contribution in [2.75, 3.05) is 30.2 Å². The highest BCUT2D eigenvalue weighted by Crippen LogP contribution is 2.40. The molecule has 4 rings (SSSR count). The smallest absolute Gasteiger partial charge is 0.234 e. The number of anilines is 1. The summed E-state index contributed by atoms with van der Waals surface area (Å²) in [6.45, 7) is 2.22. The first-order valence-electron chi connectivity index (χ1n) is 11.1. The third kappa shape index (κ3) is 4.39. The van der Waals surface area contributed by atoms with Gasteiger partial charge in [-0.15, -0.1) is 0 Å². The zero-order valence-corrected chi connectivity index (χ0v) is 18.0. The number of fused-ring (bicyclic) bond motifs is 1. The molecule has 1 unspecified atom stereocenters. The summed E-state index contributed by atoms with van der Waals surface area (Å²) in [6, 6.07) is 9.89. The molecule has 3 heterocycles. The highest BCUT2D eigenvalue weighted by molar-refractivity contribution is 7.92. The van der Waals surface area contributed by atoms with Gasteiger partial charge in [0.25, 0.3) is 0 Å². The van der Waals surface area contributed by atoms with Crippen molar-refractivity contribution < 1.29 is 8.42 Å². The van der Waals surface area contributed by atoms with Crippen LogP contribution >= 0.6 is 0 Å². The van der Waals surface area contributed by atoms with E-state index < -0.39 is 10.0 Å². The first-order valence-corrected chi connectivity index (χ1v) is 12.7. The van der Waals surface area contributed by atoms with E-state index in [1.54, 1.807) is 7.05 Å². The summed E-state index contributed by atoms with van der Waals surface area (Å²) in [5.41, 5.74) is 2.11. The Bertz CT molecular complexity index is 744. The number of hydrogen-bond acceptors (Lipinski definition) is 4. The lowest BCUT2D eigenvalue weighted by Crippen LogP contribution is -2.37. The quantitative estimate of drug-likeness (QED) is 0.784. The fourth-order valence-electron chi connectivity index (χ4n) is 5.28. The van der Waals surface area contributed by atoms with Crippen molar-refractivity contribution in [1.82, 2.24) is 10.2 Å². The molecule has 1 aromatic rings. The average Bonchev–Trinajstić information content (AvgIpc) is 3.17. The molecule has 3 fully saturated rings. The maximum atomic E-state index is 12.8. The Labute approximate surface area is 170 Å². The lowest BCUT2D eigenvalue weighted by Gasteiger charge is -2.34. The number of benzene rings is 1. The van der Waals surface area contributed by atoms with Gasteiger partial charge < -0.3 is 5.32 Å². The number of piperidine rings is 2. The molecule has 0 spiro atoms. The van der Waals surface area contributed by atoms with Crippen LogP contribution in [0.3, 0.4) is 0 Å². The van der Waals surface area contributed by atoms with Crippen LogP contribution in [0.5, 0.6) is 0 Å². The molecule has 0 radical (unpaired) electrons. The molecule has 5 nitrogen and oxygen atoms in total. The number of nitrogens with one attached hydrogen (secondary N) is 1. The van der Waals surface area contributed by atoms with Gasteiger partial charge in [0.1, 0.15) is 0 Å². The van der Waals surface area contributed by atoms with Crippen molar-refractivity contribution in [2.45, 2.75) is 75.9 Å². The second kappa shape index (κ2) is 8.72. The molecule has 156 valence electrons. The largest absolute Gasteiger partial charge is 0.314 e. The van der Waals surface area contributed by atoms with Crippen LogP contribution in [-0.4, -0.2) is 51.3 Å². The molecule has 0 aliphatic carbocycles. The van der Waals surface area contributed by atoms with Crippen LogP contribution in [0.25, 0.3) is 0 Å². The van der Waals surface area contributed by atoms with Crippen molar-refractivity contribution in [3.05, 3.63) is 29.8 Å². The van der Waals surface area contributed by atoms with E-state index in [0.29, 0.717) is 18.5 Å². The van der Waals surface area contributed by atoms with Gasteiger partial charge in [-0.1, -0.05) is 25.0 Å². The molecule has 3 saturated heterocycles. The lowest BCUT2D eigenvalue weighted by molar-refractivity contribution is 0.150. The molecule has 3 aliphatic rings. The second-order valence-corrected chi connectivity index (χ2v) is 10.9. The summed E-state index contributed by atoms with van der Waals surface area (Å²) in [7, 11) is -1.59. The van der Waals surface area contributed by atoms with Gasteiger partial charge in [-0.2, -0.15) is 0 Å². The Morgan fingerprint density at radius 3 is 2.57 bits per heavy atom. The zero-order chi connectivity index (χ0) is 19.6. The Hall–Kier alpha value is -1.11. The third-order valence-corrected chi connectivity index (χ3v) is 8.84. The molecule has 0 bridgehead atoms. The number of sulfonamides is 1. The Kier molecular flexibility index (Phi) is 6.28. The standard InChI is InChI=1S/C22H35N3O2S/c1-24(28(26,27)17-14-19-6-2-4-15-23-19)20-10-8-18(9-11-20)22-13-12-21-7-3-5-16-25(21)22/h8-11,19,21-23H,2-7,12-17H2,1H3/t19?,21-,22-/m1/s1. The van der Waals surface area contributed by atoms with Gasteiger partial charge in [-0.3, -0.25) is 9.21 Å². The van der Waals surface area contributed by atoms with Crippen LogP contribution in [0.15, 0.2) is 24.3 Å². The minimum absolute atomic E-state index is 0.209. The van der Waals surface area contributed by atoms with Gasteiger partial charge in [-0.05, 0) is 75.7 Å². The van der Waals surface area contributed by atoms with E-state index in [1.807, 2.05) is 12.1 Å². The van der Waals surface area contributed by atoms with E-state index in [9.17, 15) is 8.42 Å². The maximum Gasteiger partial charge on any atom is 0.234 e. The molecule has 1 N–H and O–H groups in total. The summed E-state index contributed by atoms with van der Waals surface area (Å²) in [5, 5.41) is 3.44. The highest BCUT2D eigenvalue weighted by Gasteiger charge is 2.35. The molecule has 0 amide bonds. The van der Waals surface area contributed by atoms with Crippen LogP contribution < -0.4 is 9.62 Å². The zero-order valence-electron chi connectivity index (χ0n) is 17.1. The first-order chi connectivity index (χ1) is 13.5. The minimum atomic E-state index is -3.28. The van der Waals surface area contributed by atoms with Crippen LogP contribution in [0.2, 0.25) is 0 Å². The number of rotatable bonds is 6. The van der Waals surface area contributed by atoms with E-state index in [4.69, 9.17) is 0 Å². The van der Waals surface area contributed by atoms with E-state index in [0.717, 1.165) is 24.7 Å². The van der Waals surface area contributed by atoms with Gasteiger partial charge in [0.05, 0.1) is 11.4 Å². The van der Waals surface area contributed by atoms with Gasteiger partial charge in [0.15, 0.2) is 0 Å². The van der Waals surface area contributed by atoms with Gasteiger partial charge in [0, 0.05) is 25.2 Å². The molecule has 3 atom stereocenters. The molecule has 3 aliphatic heterocycles. The highest BCUT2D eigenvalue weighted by atomic mass is 32.2. The second-order valence-electron chi connectivity index (χ2n) is 8.79. The summed E-state index contributed by atoms with van der Waals surface area (Å²) < 4.78 is 27.1. The molecule has 0 saturated carbocycles. The van der Waals surface area contributed by atoms with Crippen molar-refractivity contribution >= 4 is 15.7 Å². The summed E-state index contributed by atoms with van der Waals surface area (Å²) in [4.78, 5) is 2.68. The van der Waals surface area contributed by atoms with E-state index >= 15 is 0 Å². The SMILES string of the molecule is CN(c1ccc([C@H]2CC[C@H]3CCCCN32)cc1)S(=O)(=O)CCC1CCCCN1. The summed E-state index contributed by atoms with van der Waals surface area (Å²) in [5.74, 6) is 0.209. The molecular weight excluding hydrogens is 370 g/mol.